The predicted octanol–water partition coefficient (Wildman–Crippen LogP) is 4.21. The Labute approximate surface area is 132 Å². The molecule has 104 valence electrons. The zero-order valence-corrected chi connectivity index (χ0v) is 12.3. The summed E-state index contributed by atoms with van der Waals surface area (Å²) < 4.78 is 5.52. The maximum Gasteiger partial charge on any atom is 0.205 e. The average molecular weight is 317 g/mol. The molecular formula is C16H10Cl2N2O. The van der Waals surface area contributed by atoms with Crippen LogP contribution in [0.1, 0.15) is 17.0 Å². The molecule has 0 aliphatic carbocycles. The molecule has 2 aromatic rings. The molecule has 5 heteroatoms. The van der Waals surface area contributed by atoms with Crippen LogP contribution in [0.4, 0.5) is 0 Å². The van der Waals surface area contributed by atoms with Gasteiger partial charge in [-0.2, -0.15) is 5.26 Å². The van der Waals surface area contributed by atoms with Gasteiger partial charge in [0, 0.05) is 21.2 Å². The highest BCUT2D eigenvalue weighted by atomic mass is 35.5. The van der Waals surface area contributed by atoms with E-state index in [1.807, 2.05) is 18.2 Å². The van der Waals surface area contributed by atoms with E-state index in [9.17, 15) is 5.26 Å². The van der Waals surface area contributed by atoms with Gasteiger partial charge in [0.05, 0.1) is 5.92 Å². The Balaban J connectivity index is 2.31. The van der Waals surface area contributed by atoms with E-state index in [2.05, 4.69) is 6.07 Å². The maximum absolute atomic E-state index is 9.45. The average Bonchev–Trinajstić information content (AvgIpc) is 2.46. The standard InChI is InChI=1S/C16H10Cl2N2O/c17-11-5-3-6-12(18)15(11)14-9-4-1-2-7-13(9)21-16(20)10(14)8-19/h1-7,14H,20H2/t14-/m1/s1. The van der Waals surface area contributed by atoms with Crippen molar-refractivity contribution in [1.29, 1.82) is 5.26 Å². The zero-order chi connectivity index (χ0) is 15.0. The van der Waals surface area contributed by atoms with E-state index >= 15 is 0 Å². The van der Waals surface area contributed by atoms with Crippen LogP contribution in [0, 0.1) is 11.3 Å². The largest absolute Gasteiger partial charge is 0.440 e. The fourth-order valence-electron chi connectivity index (χ4n) is 2.49. The molecule has 0 spiro atoms. The fourth-order valence-corrected chi connectivity index (χ4v) is 3.10. The second kappa shape index (κ2) is 5.33. The van der Waals surface area contributed by atoms with Gasteiger partial charge in [0.25, 0.3) is 0 Å². The molecule has 0 saturated heterocycles. The molecule has 3 rings (SSSR count). The first-order valence-electron chi connectivity index (χ1n) is 6.24. The van der Waals surface area contributed by atoms with Crippen molar-refractivity contribution in [2.45, 2.75) is 5.92 Å². The molecule has 2 N–H and O–H groups in total. The number of rotatable bonds is 1. The first kappa shape index (κ1) is 13.8. The molecule has 2 aromatic carbocycles. The Morgan fingerprint density at radius 1 is 1.05 bits per heavy atom. The topological polar surface area (TPSA) is 59.0 Å². The van der Waals surface area contributed by atoms with Crippen LogP contribution in [0.5, 0.6) is 5.75 Å². The predicted molar refractivity (Wildman–Crippen MR) is 82.2 cm³/mol. The van der Waals surface area contributed by atoms with Crippen LogP contribution >= 0.6 is 23.2 Å². The maximum atomic E-state index is 9.45. The number of ether oxygens (including phenoxy) is 1. The number of nitrogens with two attached hydrogens (primary N) is 1. The molecule has 1 heterocycles. The number of nitrogens with zero attached hydrogens (tertiary/aromatic N) is 1. The van der Waals surface area contributed by atoms with E-state index in [0.717, 1.165) is 5.56 Å². The van der Waals surface area contributed by atoms with Crippen molar-refractivity contribution in [3.05, 3.63) is 75.1 Å². The van der Waals surface area contributed by atoms with Gasteiger partial charge in [0.1, 0.15) is 17.4 Å². The van der Waals surface area contributed by atoms with E-state index in [-0.39, 0.29) is 5.88 Å². The lowest BCUT2D eigenvalue weighted by molar-refractivity contribution is 0.394. The van der Waals surface area contributed by atoms with E-state index in [4.69, 9.17) is 33.7 Å². The number of allylic oxidation sites excluding steroid dienone is 1. The number of halogens is 2. The molecule has 1 aliphatic heterocycles. The van der Waals surface area contributed by atoms with Crippen LogP contribution in [-0.4, -0.2) is 0 Å². The van der Waals surface area contributed by atoms with Gasteiger partial charge >= 0.3 is 0 Å². The second-order valence-corrected chi connectivity index (χ2v) is 5.41. The minimum Gasteiger partial charge on any atom is -0.440 e. The normalized spacial score (nSPS) is 16.9. The van der Waals surface area contributed by atoms with Crippen molar-refractivity contribution in [3.8, 4) is 11.8 Å². The lowest BCUT2D eigenvalue weighted by atomic mass is 9.83. The monoisotopic (exact) mass is 316 g/mol. The summed E-state index contributed by atoms with van der Waals surface area (Å²) >= 11 is 12.6. The Hall–Kier alpha value is -2.15. The minimum absolute atomic E-state index is 0.0807. The summed E-state index contributed by atoms with van der Waals surface area (Å²) in [6.45, 7) is 0. The Morgan fingerprint density at radius 2 is 1.71 bits per heavy atom. The van der Waals surface area contributed by atoms with Crippen LogP contribution in [0.2, 0.25) is 10.0 Å². The third-order valence-corrected chi connectivity index (χ3v) is 4.07. The summed E-state index contributed by atoms with van der Waals surface area (Å²) in [5, 5.41) is 10.4. The lowest BCUT2D eigenvalue weighted by Gasteiger charge is -2.27. The van der Waals surface area contributed by atoms with Crippen molar-refractivity contribution in [3.63, 3.8) is 0 Å². The molecule has 0 bridgehead atoms. The number of para-hydroxylation sites is 1. The summed E-state index contributed by atoms with van der Waals surface area (Å²) in [7, 11) is 0. The van der Waals surface area contributed by atoms with E-state index in [0.29, 0.717) is 26.9 Å². The van der Waals surface area contributed by atoms with Crippen LogP contribution in [0.15, 0.2) is 53.9 Å². The molecule has 0 radical (unpaired) electrons. The van der Waals surface area contributed by atoms with E-state index in [1.54, 1.807) is 24.3 Å². The first-order chi connectivity index (χ1) is 10.1. The van der Waals surface area contributed by atoms with Gasteiger partial charge in [0.15, 0.2) is 0 Å². The lowest BCUT2D eigenvalue weighted by Crippen LogP contribution is -2.21. The Morgan fingerprint density at radius 3 is 2.38 bits per heavy atom. The second-order valence-electron chi connectivity index (χ2n) is 4.60. The Bertz CT molecular complexity index is 773. The molecule has 0 amide bonds. The summed E-state index contributed by atoms with van der Waals surface area (Å²) in [6, 6.07) is 14.7. The van der Waals surface area contributed by atoms with Gasteiger partial charge in [0.2, 0.25) is 5.88 Å². The van der Waals surface area contributed by atoms with Gasteiger partial charge in [-0.25, -0.2) is 0 Å². The number of hydrogen-bond donors (Lipinski definition) is 1. The highest BCUT2D eigenvalue weighted by Gasteiger charge is 2.32. The molecule has 0 fully saturated rings. The van der Waals surface area contributed by atoms with E-state index in [1.165, 1.54) is 0 Å². The molecule has 0 unspecified atom stereocenters. The van der Waals surface area contributed by atoms with Crippen molar-refractivity contribution >= 4 is 23.2 Å². The van der Waals surface area contributed by atoms with Gasteiger partial charge in [-0.1, -0.05) is 47.5 Å². The summed E-state index contributed by atoms with van der Waals surface area (Å²) in [4.78, 5) is 0. The fraction of sp³-hybridized carbons (Fsp3) is 0.0625. The molecule has 1 atom stereocenters. The summed E-state index contributed by atoms with van der Waals surface area (Å²) in [6.07, 6.45) is 0. The van der Waals surface area contributed by atoms with Gasteiger partial charge < -0.3 is 10.5 Å². The van der Waals surface area contributed by atoms with Gasteiger partial charge in [-0.05, 0) is 18.2 Å². The van der Waals surface area contributed by atoms with Crippen molar-refractivity contribution < 1.29 is 4.74 Å². The highest BCUT2D eigenvalue weighted by molar-refractivity contribution is 6.36. The molecule has 0 saturated carbocycles. The number of hydrogen-bond acceptors (Lipinski definition) is 3. The molecule has 3 nitrogen and oxygen atoms in total. The van der Waals surface area contributed by atoms with Crippen molar-refractivity contribution in [2.24, 2.45) is 5.73 Å². The van der Waals surface area contributed by atoms with Gasteiger partial charge in [-0.3, -0.25) is 0 Å². The number of fused-ring (bicyclic) bond motifs is 1. The van der Waals surface area contributed by atoms with E-state index < -0.39 is 5.92 Å². The number of nitriles is 1. The molecule has 1 aliphatic rings. The molecule has 21 heavy (non-hydrogen) atoms. The Kier molecular flexibility index (Phi) is 3.50. The zero-order valence-electron chi connectivity index (χ0n) is 10.8. The van der Waals surface area contributed by atoms with Crippen LogP contribution < -0.4 is 10.5 Å². The molecular weight excluding hydrogens is 307 g/mol. The third kappa shape index (κ3) is 2.23. The van der Waals surface area contributed by atoms with Crippen LogP contribution in [0.3, 0.4) is 0 Å². The van der Waals surface area contributed by atoms with Crippen molar-refractivity contribution in [2.75, 3.05) is 0 Å². The minimum atomic E-state index is -0.429. The van der Waals surface area contributed by atoms with Gasteiger partial charge in [-0.15, -0.1) is 0 Å². The first-order valence-corrected chi connectivity index (χ1v) is 6.99. The smallest absolute Gasteiger partial charge is 0.205 e. The highest BCUT2D eigenvalue weighted by Crippen LogP contribution is 2.46. The SMILES string of the molecule is N#CC1=C(N)Oc2ccccc2[C@H]1c1c(Cl)cccc1Cl. The number of benzene rings is 2. The van der Waals surface area contributed by atoms with Crippen LogP contribution in [-0.2, 0) is 0 Å². The summed E-state index contributed by atoms with van der Waals surface area (Å²) in [5.74, 6) is 0.258. The summed E-state index contributed by atoms with van der Waals surface area (Å²) in [5.41, 5.74) is 7.67. The van der Waals surface area contributed by atoms with Crippen molar-refractivity contribution in [1.82, 2.24) is 0 Å². The van der Waals surface area contributed by atoms with Crippen LogP contribution in [0.25, 0.3) is 0 Å². The molecule has 0 aromatic heterocycles. The quantitative estimate of drug-likeness (QED) is 0.857. The third-order valence-electron chi connectivity index (χ3n) is 3.41.